The maximum atomic E-state index is 14.1. The van der Waals surface area contributed by atoms with E-state index in [9.17, 15) is 24.6 Å². The predicted molar refractivity (Wildman–Crippen MR) is 150 cm³/mol. The fraction of sp³-hybridized carbons (Fsp3) is 0.500. The largest absolute Gasteiger partial charge is 0.508 e. The van der Waals surface area contributed by atoms with Gasteiger partial charge in [-0.25, -0.2) is 4.79 Å². The van der Waals surface area contributed by atoms with Crippen LogP contribution in [0.4, 0.5) is 4.79 Å². The number of unbranched alkanes of at least 4 members (excludes halogenated alkanes) is 2. The molecule has 2 aromatic carbocycles. The van der Waals surface area contributed by atoms with E-state index in [0.717, 1.165) is 19.3 Å². The lowest BCUT2D eigenvalue weighted by molar-refractivity contribution is -0.142. The van der Waals surface area contributed by atoms with Crippen LogP contribution in [0.1, 0.15) is 76.6 Å². The number of hydrogen-bond donors (Lipinski definition) is 4. The SMILES string of the molecule is CCCCCNC(=O)C(c1ccc(O)c(C)c1)N(CC)C(=O)C(Cc1ccc(O)cc1)NC(=O)OC(C)(C)C. The maximum absolute atomic E-state index is 14.1. The smallest absolute Gasteiger partial charge is 0.408 e. The molecule has 0 aliphatic carbocycles. The average Bonchev–Trinajstić information content (AvgIpc) is 2.86. The number of amides is 3. The van der Waals surface area contributed by atoms with E-state index in [1.807, 2.05) is 0 Å². The zero-order valence-corrected chi connectivity index (χ0v) is 23.9. The van der Waals surface area contributed by atoms with Crippen LogP contribution in [0.2, 0.25) is 0 Å². The van der Waals surface area contributed by atoms with Crippen LogP contribution in [0.3, 0.4) is 0 Å². The van der Waals surface area contributed by atoms with Gasteiger partial charge in [-0.05, 0) is 82.0 Å². The molecule has 0 saturated heterocycles. The number of ether oxygens (including phenoxy) is 1. The number of rotatable bonds is 12. The third-order valence-electron chi connectivity index (χ3n) is 6.17. The van der Waals surface area contributed by atoms with Gasteiger partial charge in [0.1, 0.15) is 29.2 Å². The van der Waals surface area contributed by atoms with Gasteiger partial charge in [-0.2, -0.15) is 0 Å². The van der Waals surface area contributed by atoms with Crippen molar-refractivity contribution in [2.45, 2.75) is 84.9 Å². The Hall–Kier alpha value is -3.75. The average molecular weight is 542 g/mol. The van der Waals surface area contributed by atoms with Crippen molar-refractivity contribution in [3.63, 3.8) is 0 Å². The number of benzene rings is 2. The second-order valence-electron chi connectivity index (χ2n) is 10.6. The number of nitrogens with one attached hydrogen (secondary N) is 2. The molecule has 39 heavy (non-hydrogen) atoms. The monoisotopic (exact) mass is 541 g/mol. The van der Waals surface area contributed by atoms with Gasteiger partial charge in [-0.1, -0.05) is 38.0 Å². The highest BCUT2D eigenvalue weighted by molar-refractivity contribution is 5.92. The molecule has 0 radical (unpaired) electrons. The fourth-order valence-electron chi connectivity index (χ4n) is 4.19. The van der Waals surface area contributed by atoms with Gasteiger partial charge in [-0.15, -0.1) is 0 Å². The van der Waals surface area contributed by atoms with Crippen LogP contribution in [0.5, 0.6) is 11.5 Å². The number of aromatic hydroxyl groups is 2. The van der Waals surface area contributed by atoms with E-state index in [1.165, 1.54) is 23.1 Å². The third kappa shape index (κ3) is 9.81. The quantitative estimate of drug-likeness (QED) is 0.288. The molecule has 0 spiro atoms. The number of phenolic OH excluding ortho intramolecular Hbond substituents is 2. The Morgan fingerprint density at radius 3 is 2.23 bits per heavy atom. The van der Waals surface area contributed by atoms with Crippen molar-refractivity contribution in [3.05, 3.63) is 59.2 Å². The van der Waals surface area contributed by atoms with Gasteiger partial charge in [0.05, 0.1) is 0 Å². The first kappa shape index (κ1) is 31.5. The molecule has 0 aliphatic rings. The first-order valence-electron chi connectivity index (χ1n) is 13.5. The van der Waals surface area contributed by atoms with Crippen molar-refractivity contribution in [2.24, 2.45) is 0 Å². The van der Waals surface area contributed by atoms with Crippen LogP contribution in [0, 0.1) is 6.92 Å². The Morgan fingerprint density at radius 1 is 1.00 bits per heavy atom. The summed E-state index contributed by atoms with van der Waals surface area (Å²) in [5.74, 6) is -0.630. The van der Waals surface area contributed by atoms with Crippen LogP contribution >= 0.6 is 0 Å². The van der Waals surface area contributed by atoms with E-state index in [4.69, 9.17) is 4.74 Å². The molecule has 9 nitrogen and oxygen atoms in total. The zero-order valence-electron chi connectivity index (χ0n) is 23.9. The summed E-state index contributed by atoms with van der Waals surface area (Å²) in [5.41, 5.74) is 1.06. The molecule has 2 unspecified atom stereocenters. The first-order chi connectivity index (χ1) is 18.4. The Morgan fingerprint density at radius 2 is 1.67 bits per heavy atom. The van der Waals surface area contributed by atoms with E-state index in [0.29, 0.717) is 23.2 Å². The summed E-state index contributed by atoms with van der Waals surface area (Å²) in [6.07, 6.45) is 2.15. The molecule has 214 valence electrons. The van der Waals surface area contributed by atoms with Crippen LogP contribution in [-0.2, 0) is 20.7 Å². The molecule has 3 amide bonds. The van der Waals surface area contributed by atoms with E-state index in [-0.39, 0.29) is 30.4 Å². The van der Waals surface area contributed by atoms with Gasteiger partial charge in [0, 0.05) is 19.5 Å². The molecule has 2 aromatic rings. The molecule has 0 aliphatic heterocycles. The number of nitrogens with zero attached hydrogens (tertiary/aromatic N) is 1. The second kappa shape index (κ2) is 14.4. The minimum Gasteiger partial charge on any atom is -0.508 e. The number of likely N-dealkylation sites (N-methyl/N-ethyl adjacent to an activating group) is 1. The van der Waals surface area contributed by atoms with Crippen molar-refractivity contribution < 1.29 is 29.3 Å². The van der Waals surface area contributed by atoms with Crippen LogP contribution < -0.4 is 10.6 Å². The molecule has 4 N–H and O–H groups in total. The van der Waals surface area contributed by atoms with Gasteiger partial charge < -0.3 is 30.5 Å². The number of alkyl carbamates (subject to hydrolysis) is 1. The van der Waals surface area contributed by atoms with E-state index >= 15 is 0 Å². The Bertz CT molecular complexity index is 1110. The highest BCUT2D eigenvalue weighted by atomic mass is 16.6. The lowest BCUT2D eigenvalue weighted by Gasteiger charge is -2.34. The molecule has 2 rings (SSSR count). The van der Waals surface area contributed by atoms with Gasteiger partial charge in [-0.3, -0.25) is 9.59 Å². The summed E-state index contributed by atoms with van der Waals surface area (Å²) in [5, 5.41) is 25.4. The molecule has 2 atom stereocenters. The fourth-order valence-corrected chi connectivity index (χ4v) is 4.19. The molecular weight excluding hydrogens is 498 g/mol. The number of carbonyl (C=O) groups excluding carboxylic acids is 3. The van der Waals surface area contributed by atoms with Gasteiger partial charge in [0.25, 0.3) is 0 Å². The molecule has 0 aromatic heterocycles. The Kier molecular flexibility index (Phi) is 11.6. The lowest BCUT2D eigenvalue weighted by Crippen LogP contribution is -2.53. The van der Waals surface area contributed by atoms with Crippen molar-refractivity contribution in [1.82, 2.24) is 15.5 Å². The number of hydrogen-bond acceptors (Lipinski definition) is 6. The maximum Gasteiger partial charge on any atom is 0.408 e. The second-order valence-corrected chi connectivity index (χ2v) is 10.6. The minimum absolute atomic E-state index is 0.0828. The van der Waals surface area contributed by atoms with Crippen LogP contribution in [0.25, 0.3) is 0 Å². The zero-order chi connectivity index (χ0) is 29.2. The molecule has 0 bridgehead atoms. The Balaban J connectivity index is 2.46. The van der Waals surface area contributed by atoms with Gasteiger partial charge in [0.15, 0.2) is 0 Å². The summed E-state index contributed by atoms with van der Waals surface area (Å²) in [7, 11) is 0. The lowest BCUT2D eigenvalue weighted by atomic mass is 9.98. The number of carbonyl (C=O) groups is 3. The molecule has 0 heterocycles. The first-order valence-corrected chi connectivity index (χ1v) is 13.5. The normalized spacial score (nSPS) is 12.8. The molecular formula is C30H43N3O6. The summed E-state index contributed by atoms with van der Waals surface area (Å²) in [6, 6.07) is 9.16. The van der Waals surface area contributed by atoms with Crippen molar-refractivity contribution in [1.29, 1.82) is 0 Å². The highest BCUT2D eigenvalue weighted by Crippen LogP contribution is 2.27. The van der Waals surface area contributed by atoms with Crippen molar-refractivity contribution in [3.8, 4) is 11.5 Å². The topological polar surface area (TPSA) is 128 Å². The summed E-state index contributed by atoms with van der Waals surface area (Å²) in [6.45, 7) is 11.4. The molecule has 0 fully saturated rings. The Labute approximate surface area is 231 Å². The summed E-state index contributed by atoms with van der Waals surface area (Å²) in [4.78, 5) is 41.8. The minimum atomic E-state index is -1.04. The molecule has 0 saturated carbocycles. The van der Waals surface area contributed by atoms with Crippen LogP contribution in [0.15, 0.2) is 42.5 Å². The third-order valence-corrected chi connectivity index (χ3v) is 6.17. The summed E-state index contributed by atoms with van der Waals surface area (Å²) < 4.78 is 5.42. The summed E-state index contributed by atoms with van der Waals surface area (Å²) >= 11 is 0. The standard InChI is InChI=1S/C30H43N3O6/c1-7-9-10-17-31-27(36)26(22-13-16-25(35)20(3)18-22)33(8-2)28(37)24(32-29(38)39-30(4,5)6)19-21-11-14-23(34)15-12-21/h11-16,18,24,26,34-35H,7-10,17,19H2,1-6H3,(H,31,36)(H,32,38). The predicted octanol–water partition coefficient (Wildman–Crippen LogP) is 4.74. The number of phenols is 2. The number of aryl methyl sites for hydroxylation is 1. The van der Waals surface area contributed by atoms with Crippen molar-refractivity contribution in [2.75, 3.05) is 13.1 Å². The molecule has 9 heteroatoms. The van der Waals surface area contributed by atoms with E-state index in [1.54, 1.807) is 58.9 Å². The van der Waals surface area contributed by atoms with Gasteiger partial charge >= 0.3 is 6.09 Å². The van der Waals surface area contributed by atoms with Gasteiger partial charge in [0.2, 0.25) is 11.8 Å². The van der Waals surface area contributed by atoms with Crippen molar-refractivity contribution >= 4 is 17.9 Å². The highest BCUT2D eigenvalue weighted by Gasteiger charge is 2.35. The van der Waals surface area contributed by atoms with E-state index < -0.39 is 29.7 Å². The van der Waals surface area contributed by atoms with Crippen LogP contribution in [-0.4, -0.2) is 57.8 Å². The van der Waals surface area contributed by atoms with E-state index in [2.05, 4.69) is 17.6 Å².